The molecule has 0 amide bonds. The van der Waals surface area contributed by atoms with E-state index in [1.807, 2.05) is 0 Å². The van der Waals surface area contributed by atoms with Gasteiger partial charge < -0.3 is 0 Å². The highest BCUT2D eigenvalue weighted by atomic mass is 14.2. The fourth-order valence-electron chi connectivity index (χ4n) is 5.06. The van der Waals surface area contributed by atoms with Gasteiger partial charge in [-0.25, -0.2) is 0 Å². The lowest BCUT2D eigenvalue weighted by Crippen LogP contribution is -1.92. The van der Waals surface area contributed by atoms with Crippen molar-refractivity contribution in [1.82, 2.24) is 0 Å². The maximum Gasteiger partial charge on any atom is -0.00206 e. The predicted molar refractivity (Wildman–Crippen MR) is 151 cm³/mol. The van der Waals surface area contributed by atoms with E-state index in [0.717, 1.165) is 0 Å². The summed E-state index contributed by atoms with van der Waals surface area (Å²) < 4.78 is 0. The van der Waals surface area contributed by atoms with Crippen LogP contribution in [-0.2, 0) is 0 Å². The van der Waals surface area contributed by atoms with E-state index in [1.165, 1.54) is 78.5 Å². The first kappa shape index (κ1) is 22.2. The van der Waals surface area contributed by atoms with E-state index < -0.39 is 0 Å². The van der Waals surface area contributed by atoms with Gasteiger partial charge in [0, 0.05) is 0 Å². The molecule has 0 fully saturated rings. The Kier molecular flexibility index (Phi) is 6.07. The molecule has 0 aliphatic heterocycles. The van der Waals surface area contributed by atoms with E-state index in [4.69, 9.17) is 0 Å². The molecule has 6 aromatic rings. The van der Waals surface area contributed by atoms with Gasteiger partial charge in [-0.2, -0.15) is 0 Å². The Bertz CT molecular complexity index is 1570. The number of hydrogen-bond donors (Lipinski definition) is 0. The van der Waals surface area contributed by atoms with Crippen LogP contribution in [0, 0.1) is 13.8 Å². The first-order chi connectivity index (χ1) is 16.6. The molecule has 6 aromatic carbocycles. The predicted octanol–water partition coefficient (Wildman–Crippen LogP) is 10.3. The van der Waals surface area contributed by atoms with Gasteiger partial charge in [0.2, 0.25) is 0 Å². The Labute approximate surface area is 203 Å². The van der Waals surface area contributed by atoms with Crippen LogP contribution in [0.15, 0.2) is 97.1 Å². The smallest absolute Gasteiger partial charge is 0.00206 e. The Morgan fingerprint density at radius 1 is 0.441 bits per heavy atom. The largest absolute Gasteiger partial charge is 0.0654 e. The highest BCUT2D eigenvalue weighted by molar-refractivity contribution is 6.25. The van der Waals surface area contributed by atoms with Crippen molar-refractivity contribution < 1.29 is 0 Å². The van der Waals surface area contributed by atoms with Gasteiger partial charge in [0.1, 0.15) is 0 Å². The molecule has 0 aliphatic carbocycles. The number of hydrogen-bond acceptors (Lipinski definition) is 0. The summed E-state index contributed by atoms with van der Waals surface area (Å²) in [6.45, 7) is 8.81. The molecule has 6 rings (SSSR count). The number of rotatable bonds is 3. The third kappa shape index (κ3) is 3.74. The van der Waals surface area contributed by atoms with Crippen molar-refractivity contribution in [2.45, 2.75) is 40.5 Å². The Balaban J connectivity index is 0.000000560. The van der Waals surface area contributed by atoms with Gasteiger partial charge in [0.05, 0.1) is 0 Å². The summed E-state index contributed by atoms with van der Waals surface area (Å²) in [7, 11) is 0. The highest BCUT2D eigenvalue weighted by Crippen LogP contribution is 2.41. The van der Waals surface area contributed by atoms with Crippen LogP contribution in [0.25, 0.3) is 54.6 Å². The maximum absolute atomic E-state index is 2.30. The van der Waals surface area contributed by atoms with Crippen LogP contribution in [0.4, 0.5) is 0 Å². The molecule has 0 N–H and O–H groups in total. The van der Waals surface area contributed by atoms with E-state index in [1.54, 1.807) is 0 Å². The van der Waals surface area contributed by atoms with Crippen LogP contribution >= 0.6 is 0 Å². The van der Waals surface area contributed by atoms with Crippen molar-refractivity contribution in [2.24, 2.45) is 0 Å². The zero-order valence-electron chi connectivity index (χ0n) is 20.7. The molecule has 0 nitrogen and oxygen atoms in total. The average molecular weight is 441 g/mol. The first-order valence-corrected chi connectivity index (χ1v) is 12.5. The van der Waals surface area contributed by atoms with Crippen LogP contribution < -0.4 is 0 Å². The van der Waals surface area contributed by atoms with Crippen LogP contribution in [0.1, 0.15) is 37.8 Å². The number of benzene rings is 6. The van der Waals surface area contributed by atoms with Crippen molar-refractivity contribution >= 4 is 32.3 Å². The van der Waals surface area contributed by atoms with Crippen molar-refractivity contribution in [3.8, 4) is 22.3 Å². The average Bonchev–Trinajstić information content (AvgIpc) is 2.88. The minimum Gasteiger partial charge on any atom is -0.0654 e. The number of unbranched alkanes of at least 4 members (excludes halogenated alkanes) is 1. The monoisotopic (exact) mass is 440 g/mol. The molecular formula is C34H32. The van der Waals surface area contributed by atoms with Crippen molar-refractivity contribution in [3.05, 3.63) is 108 Å². The summed E-state index contributed by atoms with van der Waals surface area (Å²) in [6.07, 6.45) is 2.64. The molecule has 0 heterocycles. The van der Waals surface area contributed by atoms with E-state index in [-0.39, 0.29) is 0 Å². The van der Waals surface area contributed by atoms with Crippen LogP contribution in [0.3, 0.4) is 0 Å². The lowest BCUT2D eigenvalue weighted by atomic mass is 9.86. The standard InChI is InChI=1S/C30H22.C4H10/c1-19-7-3-4-10-24(19)25-11-6-12-26(20(25)2)27-17-15-23-14-13-21-8-5-9-22-16-18-28(27)30(23)29(21)22;1-3-4-2/h3-18H,1-2H3;3-4H2,1-2H3. The molecule has 34 heavy (non-hydrogen) atoms. The second-order valence-corrected chi connectivity index (χ2v) is 9.26. The lowest BCUT2D eigenvalue weighted by molar-refractivity contribution is 0.886. The Morgan fingerprint density at radius 3 is 1.65 bits per heavy atom. The van der Waals surface area contributed by atoms with Gasteiger partial charge in [-0.1, -0.05) is 124 Å². The second kappa shape index (κ2) is 9.31. The van der Waals surface area contributed by atoms with Gasteiger partial charge >= 0.3 is 0 Å². The molecule has 0 saturated carbocycles. The van der Waals surface area contributed by atoms with E-state index >= 15 is 0 Å². The van der Waals surface area contributed by atoms with Gasteiger partial charge in [-0.3, -0.25) is 0 Å². The molecule has 0 spiro atoms. The van der Waals surface area contributed by atoms with Crippen molar-refractivity contribution in [1.29, 1.82) is 0 Å². The molecule has 0 aliphatic rings. The molecule has 0 saturated heterocycles. The minimum absolute atomic E-state index is 1.31. The zero-order valence-corrected chi connectivity index (χ0v) is 20.7. The topological polar surface area (TPSA) is 0 Å². The summed E-state index contributed by atoms with van der Waals surface area (Å²) >= 11 is 0. The zero-order chi connectivity index (χ0) is 23.7. The highest BCUT2D eigenvalue weighted by Gasteiger charge is 2.15. The molecule has 0 unspecified atom stereocenters. The van der Waals surface area contributed by atoms with Crippen LogP contribution in [-0.4, -0.2) is 0 Å². The molecular weight excluding hydrogens is 408 g/mol. The summed E-state index contributed by atoms with van der Waals surface area (Å²) in [4.78, 5) is 0. The fourth-order valence-corrected chi connectivity index (χ4v) is 5.06. The summed E-state index contributed by atoms with van der Waals surface area (Å²) in [5.74, 6) is 0. The third-order valence-electron chi connectivity index (χ3n) is 7.09. The fraction of sp³-hybridized carbons (Fsp3) is 0.176. The number of aryl methyl sites for hydroxylation is 1. The van der Waals surface area contributed by atoms with Crippen LogP contribution in [0.5, 0.6) is 0 Å². The molecule has 168 valence electrons. The second-order valence-electron chi connectivity index (χ2n) is 9.26. The summed E-state index contributed by atoms with van der Waals surface area (Å²) in [6, 6.07) is 35.6. The van der Waals surface area contributed by atoms with Crippen LogP contribution in [0.2, 0.25) is 0 Å². The van der Waals surface area contributed by atoms with Gasteiger partial charge in [0.25, 0.3) is 0 Å². The third-order valence-corrected chi connectivity index (χ3v) is 7.09. The summed E-state index contributed by atoms with van der Waals surface area (Å²) in [5.41, 5.74) is 7.91. The molecule has 0 aromatic heterocycles. The molecule has 0 radical (unpaired) electrons. The Hall–Kier alpha value is -3.64. The van der Waals surface area contributed by atoms with Gasteiger partial charge in [-0.05, 0) is 79.5 Å². The quantitative estimate of drug-likeness (QED) is 0.240. The van der Waals surface area contributed by atoms with Crippen molar-refractivity contribution in [3.63, 3.8) is 0 Å². The minimum atomic E-state index is 1.31. The molecule has 0 atom stereocenters. The lowest BCUT2D eigenvalue weighted by Gasteiger charge is -2.17. The first-order valence-electron chi connectivity index (χ1n) is 12.5. The molecule has 0 bridgehead atoms. The normalized spacial score (nSPS) is 11.2. The van der Waals surface area contributed by atoms with Gasteiger partial charge in [0.15, 0.2) is 0 Å². The van der Waals surface area contributed by atoms with Gasteiger partial charge in [-0.15, -0.1) is 0 Å². The van der Waals surface area contributed by atoms with E-state index in [2.05, 4.69) is 125 Å². The maximum atomic E-state index is 2.30. The van der Waals surface area contributed by atoms with E-state index in [0.29, 0.717) is 0 Å². The summed E-state index contributed by atoms with van der Waals surface area (Å²) in [5, 5.41) is 8.03. The van der Waals surface area contributed by atoms with Crippen molar-refractivity contribution in [2.75, 3.05) is 0 Å². The van der Waals surface area contributed by atoms with E-state index in [9.17, 15) is 0 Å². The molecule has 0 heteroatoms. The SMILES string of the molecule is CCCC.Cc1ccccc1-c1cccc(-c2ccc3ccc4cccc5ccc2c3c45)c1C. The Morgan fingerprint density at radius 2 is 0.971 bits per heavy atom.